The van der Waals surface area contributed by atoms with Crippen LogP contribution in [-0.4, -0.2) is 47.4 Å². The molecule has 2 aromatic rings. The first kappa shape index (κ1) is 19.3. The van der Waals surface area contributed by atoms with E-state index in [9.17, 15) is 17.6 Å². The van der Waals surface area contributed by atoms with E-state index in [1.807, 2.05) is 0 Å². The van der Waals surface area contributed by atoms with Crippen molar-refractivity contribution in [2.75, 3.05) is 18.4 Å². The summed E-state index contributed by atoms with van der Waals surface area (Å²) in [6, 6.07) is 4.88. The van der Waals surface area contributed by atoms with E-state index in [1.165, 1.54) is 24.4 Å². The van der Waals surface area contributed by atoms with Gasteiger partial charge in [-0.15, -0.1) is 0 Å². The number of hydrogen-bond donors (Lipinski definition) is 2. The van der Waals surface area contributed by atoms with Crippen molar-refractivity contribution in [3.8, 4) is 0 Å². The van der Waals surface area contributed by atoms with Gasteiger partial charge in [0.15, 0.2) is 9.84 Å². The number of rotatable bonds is 4. The van der Waals surface area contributed by atoms with Gasteiger partial charge in [-0.1, -0.05) is 6.07 Å². The summed E-state index contributed by atoms with van der Waals surface area (Å²) in [5.74, 6) is -0.707. The number of nitrogens with one attached hydrogen (secondary N) is 2. The van der Waals surface area contributed by atoms with Crippen molar-refractivity contribution in [1.29, 1.82) is 0 Å². The predicted octanol–water partition coefficient (Wildman–Crippen LogP) is 3.05. The van der Waals surface area contributed by atoms with E-state index in [4.69, 9.17) is 0 Å². The molecule has 27 heavy (non-hydrogen) atoms. The van der Waals surface area contributed by atoms with Gasteiger partial charge in [0.25, 0.3) is 0 Å². The Hall–Kier alpha value is -2.42. The van der Waals surface area contributed by atoms with Gasteiger partial charge in [0.05, 0.1) is 21.5 Å². The number of aromatic nitrogens is 2. The molecule has 0 radical (unpaired) electrons. The number of carbonyl (C=O) groups excluding carboxylic acids is 1. The van der Waals surface area contributed by atoms with Gasteiger partial charge in [-0.2, -0.15) is 5.10 Å². The summed E-state index contributed by atoms with van der Waals surface area (Å²) in [4.78, 5) is 13.9. The summed E-state index contributed by atoms with van der Waals surface area (Å²) in [5, 5.41) is 9.14. The second-order valence-electron chi connectivity index (χ2n) is 7.24. The normalized spacial score (nSPS) is 16.3. The fourth-order valence-corrected chi connectivity index (χ4v) is 5.26. The minimum atomic E-state index is -3.71. The average Bonchev–Trinajstić information content (AvgIpc) is 3.14. The van der Waals surface area contributed by atoms with Crippen LogP contribution in [0.15, 0.2) is 41.6 Å². The lowest BCUT2D eigenvalue weighted by molar-refractivity contribution is 0.171. The maximum Gasteiger partial charge on any atom is 0.321 e. The van der Waals surface area contributed by atoms with Crippen LogP contribution in [0, 0.1) is 11.7 Å². The standard InChI is InChI=1S/C18H23FN4O3S/c1-18(2,27(25,26)16-5-3-4-14(19)10-16)13-6-8-23(9-7-13)17(24)22-15-11-20-21-12-15/h3-5,10-13H,6-9H2,1-2H3,(H,20,21)(H,22,24). The first-order valence-electron chi connectivity index (χ1n) is 8.77. The third-order valence-corrected chi connectivity index (χ3v) is 7.91. The molecule has 146 valence electrons. The Morgan fingerprint density at radius 3 is 2.63 bits per heavy atom. The quantitative estimate of drug-likeness (QED) is 0.833. The number of sulfone groups is 1. The van der Waals surface area contributed by atoms with E-state index >= 15 is 0 Å². The number of nitrogens with zero attached hydrogens (tertiary/aromatic N) is 2. The monoisotopic (exact) mass is 394 g/mol. The van der Waals surface area contributed by atoms with Gasteiger partial charge in [-0.25, -0.2) is 17.6 Å². The lowest BCUT2D eigenvalue weighted by atomic mass is 9.86. The molecule has 3 rings (SSSR count). The average molecular weight is 394 g/mol. The van der Waals surface area contributed by atoms with Crippen molar-refractivity contribution in [3.63, 3.8) is 0 Å². The van der Waals surface area contributed by atoms with E-state index in [1.54, 1.807) is 24.9 Å². The molecule has 1 aliphatic heterocycles. The zero-order chi connectivity index (χ0) is 19.7. The number of carbonyl (C=O) groups is 1. The molecule has 2 amide bonds. The van der Waals surface area contributed by atoms with E-state index in [2.05, 4.69) is 15.5 Å². The number of amides is 2. The maximum absolute atomic E-state index is 13.5. The number of piperidine rings is 1. The molecule has 2 N–H and O–H groups in total. The number of halogens is 1. The van der Waals surface area contributed by atoms with Crippen LogP contribution in [0.25, 0.3) is 0 Å². The van der Waals surface area contributed by atoms with Gasteiger partial charge in [0, 0.05) is 19.3 Å². The summed E-state index contributed by atoms with van der Waals surface area (Å²) >= 11 is 0. The summed E-state index contributed by atoms with van der Waals surface area (Å²) in [7, 11) is -3.71. The smallest absolute Gasteiger partial charge is 0.321 e. The molecule has 0 bridgehead atoms. The zero-order valence-corrected chi connectivity index (χ0v) is 16.1. The summed E-state index contributed by atoms with van der Waals surface area (Å²) in [6.07, 6.45) is 4.21. The van der Waals surface area contributed by atoms with Crippen LogP contribution in [0.5, 0.6) is 0 Å². The molecule has 0 unspecified atom stereocenters. The number of anilines is 1. The largest absolute Gasteiger partial charge is 0.325 e. The van der Waals surface area contributed by atoms with Gasteiger partial charge in [-0.05, 0) is 50.8 Å². The van der Waals surface area contributed by atoms with Crippen LogP contribution in [0.2, 0.25) is 0 Å². The predicted molar refractivity (Wildman–Crippen MR) is 99.6 cm³/mol. The van der Waals surface area contributed by atoms with Crippen molar-refractivity contribution in [2.24, 2.45) is 5.92 Å². The highest BCUT2D eigenvalue weighted by atomic mass is 32.2. The van der Waals surface area contributed by atoms with Crippen molar-refractivity contribution in [3.05, 3.63) is 42.5 Å². The van der Waals surface area contributed by atoms with Crippen molar-refractivity contribution in [2.45, 2.75) is 36.3 Å². The Bertz CT molecular complexity index is 904. The summed E-state index contributed by atoms with van der Waals surface area (Å²) in [5.41, 5.74) is 0.580. The number of urea groups is 1. The third-order valence-electron chi connectivity index (χ3n) is 5.31. The molecule has 7 nitrogen and oxygen atoms in total. The molecule has 0 spiro atoms. The van der Waals surface area contributed by atoms with Crippen molar-refractivity contribution >= 4 is 21.6 Å². The fourth-order valence-electron chi connectivity index (χ4n) is 3.46. The molecule has 1 fully saturated rings. The molecule has 1 aliphatic rings. The number of hydrogen-bond acceptors (Lipinski definition) is 4. The number of aromatic amines is 1. The number of benzene rings is 1. The summed E-state index contributed by atoms with van der Waals surface area (Å²) in [6.45, 7) is 4.27. The molecule has 2 heterocycles. The summed E-state index contributed by atoms with van der Waals surface area (Å²) < 4.78 is 38.6. The lowest BCUT2D eigenvalue weighted by Crippen LogP contribution is -2.48. The topological polar surface area (TPSA) is 95.2 Å². The van der Waals surface area contributed by atoms with E-state index in [0.717, 1.165) is 6.07 Å². The van der Waals surface area contributed by atoms with Crippen molar-refractivity contribution < 1.29 is 17.6 Å². The second kappa shape index (κ2) is 7.30. The highest BCUT2D eigenvalue weighted by Gasteiger charge is 2.44. The van der Waals surface area contributed by atoms with Crippen LogP contribution >= 0.6 is 0 Å². The fraction of sp³-hybridized carbons (Fsp3) is 0.444. The highest BCUT2D eigenvalue weighted by molar-refractivity contribution is 7.92. The lowest BCUT2D eigenvalue weighted by Gasteiger charge is -2.40. The first-order valence-corrected chi connectivity index (χ1v) is 10.2. The van der Waals surface area contributed by atoms with Gasteiger partial charge in [0.2, 0.25) is 0 Å². The first-order chi connectivity index (χ1) is 12.7. The van der Waals surface area contributed by atoms with Crippen LogP contribution in [-0.2, 0) is 9.84 Å². The molecular weight excluding hydrogens is 371 g/mol. The molecule has 0 saturated carbocycles. The van der Waals surface area contributed by atoms with Gasteiger partial charge < -0.3 is 10.2 Å². The molecule has 1 saturated heterocycles. The zero-order valence-electron chi connectivity index (χ0n) is 15.3. The van der Waals surface area contributed by atoms with Gasteiger partial charge in [-0.3, -0.25) is 5.10 Å². The van der Waals surface area contributed by atoms with Gasteiger partial charge >= 0.3 is 6.03 Å². The second-order valence-corrected chi connectivity index (χ2v) is 9.77. The molecule has 9 heteroatoms. The molecule has 1 aromatic carbocycles. The van der Waals surface area contributed by atoms with Crippen molar-refractivity contribution in [1.82, 2.24) is 15.1 Å². The Morgan fingerprint density at radius 2 is 2.04 bits per heavy atom. The van der Waals surface area contributed by atoms with E-state index in [-0.39, 0.29) is 16.8 Å². The van der Waals surface area contributed by atoms with E-state index < -0.39 is 20.4 Å². The maximum atomic E-state index is 13.5. The highest BCUT2D eigenvalue weighted by Crippen LogP contribution is 2.38. The Balaban J connectivity index is 1.68. The Labute approximate surface area is 157 Å². The third kappa shape index (κ3) is 3.83. The molecule has 0 atom stereocenters. The van der Waals surface area contributed by atoms with Crippen LogP contribution in [0.1, 0.15) is 26.7 Å². The van der Waals surface area contributed by atoms with E-state index in [0.29, 0.717) is 31.6 Å². The van der Waals surface area contributed by atoms with Crippen LogP contribution in [0.4, 0.5) is 14.9 Å². The van der Waals surface area contributed by atoms with Gasteiger partial charge in [0.1, 0.15) is 5.82 Å². The molecule has 0 aliphatic carbocycles. The van der Waals surface area contributed by atoms with Crippen LogP contribution in [0.3, 0.4) is 0 Å². The molecular formula is C18H23FN4O3S. The Morgan fingerprint density at radius 1 is 1.33 bits per heavy atom. The minimum absolute atomic E-state index is 0.00682. The number of likely N-dealkylation sites (tertiary alicyclic amines) is 1. The number of H-pyrrole nitrogens is 1. The minimum Gasteiger partial charge on any atom is -0.325 e. The Kier molecular flexibility index (Phi) is 5.23. The SMILES string of the molecule is CC(C)(C1CCN(C(=O)Nc2cn[nH]c2)CC1)S(=O)(=O)c1cccc(F)c1. The van der Waals surface area contributed by atoms with Crippen LogP contribution < -0.4 is 5.32 Å². The molecule has 1 aromatic heterocycles.